The van der Waals surface area contributed by atoms with Crippen molar-refractivity contribution in [1.29, 1.82) is 0 Å². The first-order valence-corrected chi connectivity index (χ1v) is 8.77. The Morgan fingerprint density at radius 3 is 2.26 bits per heavy atom. The number of nitrogens with one attached hydrogen (secondary N) is 1. The van der Waals surface area contributed by atoms with Crippen LogP contribution in [0.4, 0.5) is 0 Å². The van der Waals surface area contributed by atoms with E-state index in [0.717, 1.165) is 6.42 Å². The fourth-order valence-corrected chi connectivity index (χ4v) is 4.19. The van der Waals surface area contributed by atoms with Crippen molar-refractivity contribution in [3.8, 4) is 0 Å². The van der Waals surface area contributed by atoms with Crippen molar-refractivity contribution in [2.24, 2.45) is 5.41 Å². The van der Waals surface area contributed by atoms with Gasteiger partial charge in [0.2, 0.25) is 10.0 Å². The molecule has 1 unspecified atom stereocenters. The first kappa shape index (κ1) is 17.0. The lowest BCUT2D eigenvalue weighted by Gasteiger charge is -2.22. The van der Waals surface area contributed by atoms with Crippen LogP contribution < -0.4 is 4.72 Å². The fourth-order valence-electron chi connectivity index (χ4n) is 1.63. The van der Waals surface area contributed by atoms with E-state index in [1.807, 2.05) is 0 Å². The Morgan fingerprint density at radius 2 is 1.79 bits per heavy atom. The van der Waals surface area contributed by atoms with Crippen LogP contribution in [0.3, 0.4) is 0 Å². The minimum atomic E-state index is -3.47. The summed E-state index contributed by atoms with van der Waals surface area (Å²) in [6.07, 6.45) is 0.885. The second kappa shape index (κ2) is 6.57. The van der Waals surface area contributed by atoms with E-state index in [0.29, 0.717) is 11.6 Å². The van der Waals surface area contributed by atoms with Crippen molar-refractivity contribution in [3.63, 3.8) is 0 Å². The van der Waals surface area contributed by atoms with E-state index in [9.17, 15) is 8.42 Å². The highest BCUT2D eigenvalue weighted by Gasteiger charge is 2.19. The summed E-state index contributed by atoms with van der Waals surface area (Å²) < 4.78 is 26.7. The molecule has 0 spiro atoms. The third-order valence-corrected chi connectivity index (χ3v) is 4.79. The topological polar surface area (TPSA) is 46.2 Å². The van der Waals surface area contributed by atoms with Crippen molar-refractivity contribution in [2.45, 2.75) is 36.9 Å². The second-order valence-electron chi connectivity index (χ2n) is 5.67. The molecule has 0 fully saturated rings. The minimum absolute atomic E-state index is 0.106. The summed E-state index contributed by atoms with van der Waals surface area (Å²) in [4.78, 5) is 0.335. The van der Waals surface area contributed by atoms with E-state index in [4.69, 9.17) is 11.6 Å². The van der Waals surface area contributed by atoms with E-state index in [2.05, 4.69) is 41.4 Å². The number of benzene rings is 1. The molecule has 0 saturated carbocycles. The summed E-state index contributed by atoms with van der Waals surface area (Å²) in [7, 11) is -3.47. The van der Waals surface area contributed by atoms with Crippen LogP contribution in [0.25, 0.3) is 0 Å². The quantitative estimate of drug-likeness (QED) is 0.803. The van der Waals surface area contributed by atoms with Gasteiger partial charge in [-0.05, 0) is 36.1 Å². The monoisotopic (exact) mass is 367 g/mol. The molecule has 0 saturated heterocycles. The van der Waals surface area contributed by atoms with E-state index in [1.54, 1.807) is 12.1 Å². The number of alkyl halides is 1. The van der Waals surface area contributed by atoms with Gasteiger partial charge in [0.1, 0.15) is 0 Å². The molecule has 6 heteroatoms. The number of hydrogen-bond acceptors (Lipinski definition) is 2. The zero-order valence-electron chi connectivity index (χ0n) is 11.3. The zero-order valence-corrected chi connectivity index (χ0v) is 14.4. The van der Waals surface area contributed by atoms with Crippen molar-refractivity contribution in [3.05, 3.63) is 29.3 Å². The summed E-state index contributed by atoms with van der Waals surface area (Å²) in [5.41, 5.74) is 0.153. The molecule has 3 nitrogen and oxygen atoms in total. The van der Waals surface area contributed by atoms with Crippen LogP contribution in [-0.4, -0.2) is 19.8 Å². The SMILES string of the molecule is CC(C)(C)CC(Br)CNS(=O)(=O)c1ccc(Cl)cc1. The lowest BCUT2D eigenvalue weighted by Crippen LogP contribution is -2.31. The van der Waals surface area contributed by atoms with Gasteiger partial charge < -0.3 is 0 Å². The average molecular weight is 369 g/mol. The Bertz CT molecular complexity index is 508. The van der Waals surface area contributed by atoms with Crippen LogP contribution in [0.1, 0.15) is 27.2 Å². The van der Waals surface area contributed by atoms with Gasteiger partial charge in [0.25, 0.3) is 0 Å². The Balaban J connectivity index is 2.63. The van der Waals surface area contributed by atoms with E-state index in [-0.39, 0.29) is 15.1 Å². The Labute approximate surface area is 128 Å². The van der Waals surface area contributed by atoms with Gasteiger partial charge in [0.15, 0.2) is 0 Å². The summed E-state index contributed by atoms with van der Waals surface area (Å²) in [6.45, 7) is 6.72. The van der Waals surface area contributed by atoms with E-state index < -0.39 is 10.0 Å². The Morgan fingerprint density at radius 1 is 1.26 bits per heavy atom. The Kier molecular flexibility index (Phi) is 5.86. The van der Waals surface area contributed by atoms with Gasteiger partial charge in [0, 0.05) is 16.4 Å². The molecule has 1 atom stereocenters. The first-order chi connectivity index (χ1) is 8.60. The predicted octanol–water partition coefficient (Wildman–Crippen LogP) is 3.82. The van der Waals surface area contributed by atoms with E-state index in [1.165, 1.54) is 12.1 Å². The number of rotatable bonds is 5. The second-order valence-corrected chi connectivity index (χ2v) is 9.17. The largest absolute Gasteiger partial charge is 0.240 e. The predicted molar refractivity (Wildman–Crippen MR) is 83.4 cm³/mol. The third-order valence-electron chi connectivity index (χ3n) is 2.45. The highest BCUT2D eigenvalue weighted by atomic mass is 79.9. The Hall–Kier alpha value is -0.100. The first-order valence-electron chi connectivity index (χ1n) is 5.99. The lowest BCUT2D eigenvalue weighted by atomic mass is 9.91. The number of hydrogen-bond donors (Lipinski definition) is 1. The van der Waals surface area contributed by atoms with Crippen molar-refractivity contribution in [2.75, 3.05) is 6.54 Å². The molecule has 1 rings (SSSR count). The van der Waals surface area contributed by atoms with E-state index >= 15 is 0 Å². The maximum absolute atomic E-state index is 12.0. The van der Waals surface area contributed by atoms with Crippen molar-refractivity contribution in [1.82, 2.24) is 4.72 Å². The van der Waals surface area contributed by atoms with Crippen LogP contribution in [0.5, 0.6) is 0 Å². The molecule has 0 heterocycles. The van der Waals surface area contributed by atoms with Crippen LogP contribution in [0.15, 0.2) is 29.2 Å². The molecule has 0 amide bonds. The normalized spacial score (nSPS) is 14.4. The van der Waals surface area contributed by atoms with Crippen molar-refractivity contribution < 1.29 is 8.42 Å². The molecule has 1 aromatic rings. The molecule has 0 aliphatic carbocycles. The number of halogens is 2. The van der Waals surface area contributed by atoms with Gasteiger partial charge in [-0.1, -0.05) is 48.3 Å². The summed E-state index contributed by atoms with van der Waals surface area (Å²) in [5, 5.41) is 0.519. The van der Waals surface area contributed by atoms with Crippen LogP contribution in [0, 0.1) is 5.41 Å². The molecule has 1 N–H and O–H groups in total. The standard InChI is InChI=1S/C13H19BrClNO2S/c1-13(2,3)8-10(14)9-16-19(17,18)12-6-4-11(15)5-7-12/h4-7,10,16H,8-9H2,1-3H3. The molecule has 0 aromatic heterocycles. The maximum Gasteiger partial charge on any atom is 0.240 e. The van der Waals surface area contributed by atoms with Gasteiger partial charge in [0.05, 0.1) is 4.90 Å². The lowest BCUT2D eigenvalue weighted by molar-refractivity contribution is 0.373. The molecular formula is C13H19BrClNO2S. The highest BCUT2D eigenvalue weighted by Crippen LogP contribution is 2.24. The van der Waals surface area contributed by atoms with Gasteiger partial charge in [-0.2, -0.15) is 0 Å². The smallest absolute Gasteiger partial charge is 0.210 e. The van der Waals surface area contributed by atoms with Gasteiger partial charge in [-0.3, -0.25) is 0 Å². The molecule has 108 valence electrons. The molecule has 19 heavy (non-hydrogen) atoms. The summed E-state index contributed by atoms with van der Waals surface area (Å²) >= 11 is 9.24. The fraction of sp³-hybridized carbons (Fsp3) is 0.538. The zero-order chi connectivity index (χ0) is 14.7. The molecule has 0 aliphatic rings. The van der Waals surface area contributed by atoms with Crippen molar-refractivity contribution >= 4 is 37.6 Å². The van der Waals surface area contributed by atoms with Crippen LogP contribution in [-0.2, 0) is 10.0 Å². The molecule has 1 aromatic carbocycles. The minimum Gasteiger partial charge on any atom is -0.210 e. The highest BCUT2D eigenvalue weighted by molar-refractivity contribution is 9.09. The van der Waals surface area contributed by atoms with Crippen LogP contribution in [0.2, 0.25) is 5.02 Å². The summed E-state index contributed by atoms with van der Waals surface area (Å²) in [6, 6.07) is 6.13. The van der Waals surface area contributed by atoms with Gasteiger partial charge in [-0.15, -0.1) is 0 Å². The molecule has 0 aliphatic heterocycles. The molecule has 0 radical (unpaired) electrons. The molecule has 0 bridgehead atoms. The molecular weight excluding hydrogens is 350 g/mol. The van der Waals surface area contributed by atoms with Crippen LogP contribution >= 0.6 is 27.5 Å². The maximum atomic E-state index is 12.0. The van der Waals surface area contributed by atoms with Gasteiger partial charge >= 0.3 is 0 Å². The van der Waals surface area contributed by atoms with Gasteiger partial charge in [-0.25, -0.2) is 13.1 Å². The number of sulfonamides is 1. The summed E-state index contributed by atoms with van der Waals surface area (Å²) in [5.74, 6) is 0. The average Bonchev–Trinajstić information content (AvgIpc) is 2.25. The third kappa shape index (κ3) is 6.25.